The fourth-order valence-corrected chi connectivity index (χ4v) is 4.54. The summed E-state index contributed by atoms with van der Waals surface area (Å²) in [4.78, 5) is 19.8. The molecule has 0 atom stereocenters. The Bertz CT molecular complexity index is 1310. The number of carbonyl (C=O) groups is 1. The van der Waals surface area contributed by atoms with Gasteiger partial charge in [0.05, 0.1) is 38.2 Å². The van der Waals surface area contributed by atoms with E-state index in [2.05, 4.69) is 9.97 Å². The van der Waals surface area contributed by atoms with Crippen molar-refractivity contribution in [3.63, 3.8) is 0 Å². The van der Waals surface area contributed by atoms with Crippen molar-refractivity contribution < 1.29 is 28.8 Å². The number of hydrogen-bond donors (Lipinski definition) is 2. The molecule has 4 rings (SSSR count). The number of aromatic nitrogens is 2. The van der Waals surface area contributed by atoms with Gasteiger partial charge in [0.25, 0.3) is 0 Å². The molecule has 0 fully saturated rings. The van der Waals surface area contributed by atoms with Crippen LogP contribution in [0.1, 0.15) is 23.8 Å². The lowest BCUT2D eigenvalue weighted by molar-refractivity contribution is -0.136. The summed E-state index contributed by atoms with van der Waals surface area (Å²) >= 11 is 1.58. The second-order valence-electron chi connectivity index (χ2n) is 7.82. The number of carboxylic acids is 1. The molecular formula is C26H28N2O6S. The van der Waals surface area contributed by atoms with Gasteiger partial charge in [-0.3, -0.25) is 4.79 Å². The smallest absolute Gasteiger partial charge is 0.307 e. The van der Waals surface area contributed by atoms with Crippen molar-refractivity contribution in [3.05, 3.63) is 53.0 Å². The molecule has 4 aromatic rings. The predicted molar refractivity (Wildman–Crippen MR) is 135 cm³/mol. The molecule has 0 radical (unpaired) electrons. The maximum atomic E-state index is 11.1. The van der Waals surface area contributed by atoms with Crippen molar-refractivity contribution in [2.45, 2.75) is 26.7 Å². The van der Waals surface area contributed by atoms with Crippen molar-refractivity contribution in [3.8, 4) is 33.7 Å². The van der Waals surface area contributed by atoms with Crippen molar-refractivity contribution in [1.29, 1.82) is 0 Å². The van der Waals surface area contributed by atoms with E-state index in [0.717, 1.165) is 31.9 Å². The number of ether oxygens (including phenoxy) is 4. The molecule has 2 aromatic carbocycles. The first kappa shape index (κ1) is 24.4. The fraction of sp³-hybridized carbons (Fsp3) is 0.308. The molecule has 0 amide bonds. The van der Waals surface area contributed by atoms with Crippen LogP contribution in [-0.4, -0.2) is 48.0 Å². The van der Waals surface area contributed by atoms with Gasteiger partial charge in [-0.25, -0.2) is 4.98 Å². The molecule has 2 aromatic heterocycles. The van der Waals surface area contributed by atoms with E-state index in [4.69, 9.17) is 24.1 Å². The molecule has 9 heteroatoms. The molecule has 0 unspecified atom stereocenters. The lowest BCUT2D eigenvalue weighted by atomic mass is 10.1. The van der Waals surface area contributed by atoms with Crippen LogP contribution in [0.15, 0.2) is 42.6 Å². The molecule has 2 N–H and O–H groups in total. The monoisotopic (exact) mass is 496 g/mol. The van der Waals surface area contributed by atoms with Gasteiger partial charge in [-0.15, -0.1) is 11.3 Å². The normalized spacial score (nSPS) is 10.9. The Morgan fingerprint density at radius 2 is 1.91 bits per heavy atom. The summed E-state index contributed by atoms with van der Waals surface area (Å²) in [5.74, 6) is 1.78. The minimum absolute atomic E-state index is 0.0340. The van der Waals surface area contributed by atoms with E-state index in [1.807, 2.05) is 50.2 Å². The highest BCUT2D eigenvalue weighted by molar-refractivity contribution is 7.15. The van der Waals surface area contributed by atoms with E-state index < -0.39 is 5.97 Å². The van der Waals surface area contributed by atoms with Gasteiger partial charge >= 0.3 is 5.97 Å². The lowest BCUT2D eigenvalue weighted by Gasteiger charge is -2.12. The van der Waals surface area contributed by atoms with Gasteiger partial charge in [-0.1, -0.05) is 0 Å². The Kier molecular flexibility index (Phi) is 7.77. The average Bonchev–Trinajstić information content (AvgIpc) is 3.41. The third-order valence-electron chi connectivity index (χ3n) is 5.34. The first-order valence-electron chi connectivity index (χ1n) is 11.3. The molecule has 0 saturated carbocycles. The Morgan fingerprint density at radius 1 is 1.09 bits per heavy atom. The molecule has 0 bridgehead atoms. The van der Waals surface area contributed by atoms with Crippen molar-refractivity contribution in [2.75, 3.05) is 26.9 Å². The number of rotatable bonds is 12. The fourth-order valence-electron chi connectivity index (χ4n) is 3.68. The van der Waals surface area contributed by atoms with Crippen molar-refractivity contribution in [1.82, 2.24) is 9.97 Å². The zero-order valence-corrected chi connectivity index (χ0v) is 20.7. The van der Waals surface area contributed by atoms with E-state index in [-0.39, 0.29) is 6.42 Å². The van der Waals surface area contributed by atoms with Gasteiger partial charge in [0, 0.05) is 29.1 Å². The van der Waals surface area contributed by atoms with Crippen LogP contribution in [0, 0.1) is 6.92 Å². The number of nitrogens with one attached hydrogen (secondary N) is 1. The van der Waals surface area contributed by atoms with Gasteiger partial charge in [0.2, 0.25) is 5.88 Å². The van der Waals surface area contributed by atoms with Gasteiger partial charge in [0.15, 0.2) is 11.5 Å². The summed E-state index contributed by atoms with van der Waals surface area (Å²) in [6.07, 6.45) is 2.36. The van der Waals surface area contributed by atoms with Gasteiger partial charge < -0.3 is 29.0 Å². The minimum Gasteiger partial charge on any atom is -0.493 e. The maximum absolute atomic E-state index is 11.1. The highest BCUT2D eigenvalue weighted by Crippen LogP contribution is 2.37. The first-order valence-corrected chi connectivity index (χ1v) is 12.2. The molecule has 2 heterocycles. The number of H-pyrrole nitrogens is 1. The summed E-state index contributed by atoms with van der Waals surface area (Å²) in [5.41, 5.74) is 2.56. The second-order valence-corrected chi connectivity index (χ2v) is 9.02. The first-order chi connectivity index (χ1) is 17.0. The second kappa shape index (κ2) is 11.1. The Hall–Kier alpha value is -3.72. The highest BCUT2D eigenvalue weighted by Gasteiger charge is 2.14. The number of hydrogen-bond acceptors (Lipinski definition) is 7. The lowest BCUT2D eigenvalue weighted by Crippen LogP contribution is -2.06. The zero-order chi connectivity index (χ0) is 24.8. The number of aliphatic carboxylic acids is 1. The molecule has 0 aliphatic rings. The molecule has 0 aliphatic carbocycles. The van der Waals surface area contributed by atoms with Gasteiger partial charge in [0.1, 0.15) is 10.8 Å². The number of nitrogens with zero attached hydrogens (tertiary/aromatic N) is 1. The van der Waals surface area contributed by atoms with E-state index in [1.54, 1.807) is 24.6 Å². The SMILES string of the molecule is CCOc1nc(-c2ccc(OCCCOc3ccc4[nH]cc(CC(=O)O)c4c3)c(OC)c2)sc1C. The topological polar surface area (TPSA) is 103 Å². The molecule has 184 valence electrons. The quantitative estimate of drug-likeness (QED) is 0.250. The summed E-state index contributed by atoms with van der Waals surface area (Å²) in [7, 11) is 1.61. The third-order valence-corrected chi connectivity index (χ3v) is 6.34. The molecule has 0 spiro atoms. The van der Waals surface area contributed by atoms with Crippen LogP contribution in [0.25, 0.3) is 21.5 Å². The highest BCUT2D eigenvalue weighted by atomic mass is 32.1. The van der Waals surface area contributed by atoms with Crippen LogP contribution in [0.3, 0.4) is 0 Å². The Balaban J connectivity index is 1.32. The number of benzene rings is 2. The largest absolute Gasteiger partial charge is 0.493 e. The van der Waals surface area contributed by atoms with E-state index in [9.17, 15) is 4.79 Å². The summed E-state index contributed by atoms with van der Waals surface area (Å²) in [5, 5.41) is 10.8. The van der Waals surface area contributed by atoms with E-state index in [1.165, 1.54) is 0 Å². The molecule has 8 nitrogen and oxygen atoms in total. The molecular weight excluding hydrogens is 468 g/mol. The third kappa shape index (κ3) is 5.86. The summed E-state index contributed by atoms with van der Waals surface area (Å²) in [6.45, 7) is 5.43. The number of fused-ring (bicyclic) bond motifs is 1. The van der Waals surface area contributed by atoms with E-state index in [0.29, 0.717) is 49.4 Å². The average molecular weight is 497 g/mol. The van der Waals surface area contributed by atoms with Crippen LogP contribution in [0.4, 0.5) is 0 Å². The molecule has 35 heavy (non-hydrogen) atoms. The maximum Gasteiger partial charge on any atom is 0.307 e. The van der Waals surface area contributed by atoms with Crippen LogP contribution in [-0.2, 0) is 11.2 Å². The number of methoxy groups -OCH3 is 1. The minimum atomic E-state index is -0.866. The number of aromatic amines is 1. The van der Waals surface area contributed by atoms with Crippen LogP contribution in [0.2, 0.25) is 0 Å². The van der Waals surface area contributed by atoms with Crippen LogP contribution >= 0.6 is 11.3 Å². The number of thiazole rings is 1. The molecule has 0 saturated heterocycles. The summed E-state index contributed by atoms with van der Waals surface area (Å²) < 4.78 is 22.9. The standard InChI is InChI=1S/C26H28N2O6S/c1-4-32-25-16(2)35-26(28-25)17-6-9-22(23(12-17)31-3)34-11-5-10-33-19-7-8-21-20(14-19)18(15-27-21)13-24(29)30/h6-9,12,14-15,27H,4-5,10-11,13H2,1-3H3,(H,29,30). The van der Waals surface area contributed by atoms with E-state index >= 15 is 0 Å². The number of carboxylic acid groups (broad SMARTS) is 1. The van der Waals surface area contributed by atoms with Crippen molar-refractivity contribution >= 4 is 28.2 Å². The zero-order valence-electron chi connectivity index (χ0n) is 19.9. The van der Waals surface area contributed by atoms with Crippen LogP contribution < -0.4 is 18.9 Å². The molecule has 0 aliphatic heterocycles. The van der Waals surface area contributed by atoms with Gasteiger partial charge in [-0.2, -0.15) is 0 Å². The van der Waals surface area contributed by atoms with Gasteiger partial charge in [-0.05, 0) is 55.8 Å². The van der Waals surface area contributed by atoms with Crippen LogP contribution in [0.5, 0.6) is 23.1 Å². The Morgan fingerprint density at radius 3 is 2.69 bits per heavy atom. The van der Waals surface area contributed by atoms with Crippen molar-refractivity contribution in [2.24, 2.45) is 0 Å². The number of aryl methyl sites for hydroxylation is 1. The Labute approximate surface area is 207 Å². The predicted octanol–water partition coefficient (Wildman–Crippen LogP) is 5.48. The summed E-state index contributed by atoms with van der Waals surface area (Å²) in [6, 6.07) is 11.4.